The van der Waals surface area contributed by atoms with Gasteiger partial charge in [0.2, 0.25) is 0 Å². The number of aryl methyl sites for hydroxylation is 2. The van der Waals surface area contributed by atoms with Gasteiger partial charge in [-0.2, -0.15) is 0 Å². The first-order valence-corrected chi connectivity index (χ1v) is 9.27. The van der Waals surface area contributed by atoms with Gasteiger partial charge in [-0.25, -0.2) is 0 Å². The smallest absolute Gasteiger partial charge is 0.293 e. The van der Waals surface area contributed by atoms with Crippen LogP contribution >= 0.6 is 0 Å². The molecule has 0 atom stereocenters. The molecule has 6 heteroatoms. The number of carbonyl (C=O) groups excluding carboxylic acids is 1. The lowest BCUT2D eigenvalue weighted by Crippen LogP contribution is -2.33. The van der Waals surface area contributed by atoms with Gasteiger partial charge in [-0.3, -0.25) is 14.9 Å². The SMILES string of the molecule is Cc1cccc(C)c1NC(=O)c1ccc(N2CCC(C)CC2)c([N+](=O)[O-])c1. The highest BCUT2D eigenvalue weighted by Gasteiger charge is 2.25. The maximum Gasteiger partial charge on any atom is 0.293 e. The fraction of sp³-hybridized carbons (Fsp3) is 0.381. The van der Waals surface area contributed by atoms with Gasteiger partial charge in [0.15, 0.2) is 0 Å². The molecule has 142 valence electrons. The Bertz CT molecular complexity index is 851. The summed E-state index contributed by atoms with van der Waals surface area (Å²) in [5.74, 6) is 0.303. The quantitative estimate of drug-likeness (QED) is 0.628. The van der Waals surface area contributed by atoms with Crippen molar-refractivity contribution >= 4 is 23.0 Å². The van der Waals surface area contributed by atoms with Crippen LogP contribution in [0.2, 0.25) is 0 Å². The molecule has 27 heavy (non-hydrogen) atoms. The van der Waals surface area contributed by atoms with E-state index >= 15 is 0 Å². The second kappa shape index (κ2) is 7.78. The molecule has 2 aromatic rings. The van der Waals surface area contributed by atoms with Crippen LogP contribution in [0.25, 0.3) is 0 Å². The van der Waals surface area contributed by atoms with Crippen LogP contribution < -0.4 is 10.2 Å². The molecule has 1 N–H and O–H groups in total. The summed E-state index contributed by atoms with van der Waals surface area (Å²) in [5.41, 5.74) is 3.53. The zero-order valence-corrected chi connectivity index (χ0v) is 16.0. The minimum Gasteiger partial charge on any atom is -0.366 e. The first kappa shape index (κ1) is 18.9. The molecule has 6 nitrogen and oxygen atoms in total. The van der Waals surface area contributed by atoms with E-state index < -0.39 is 4.92 Å². The number of nitrogens with zero attached hydrogens (tertiary/aromatic N) is 2. The first-order valence-electron chi connectivity index (χ1n) is 9.27. The number of para-hydroxylation sites is 1. The van der Waals surface area contributed by atoms with Gasteiger partial charge < -0.3 is 10.2 Å². The van der Waals surface area contributed by atoms with Crippen LogP contribution in [0.4, 0.5) is 17.1 Å². The molecule has 1 heterocycles. The normalized spacial score (nSPS) is 14.9. The Hall–Kier alpha value is -2.89. The van der Waals surface area contributed by atoms with Gasteiger partial charge in [0.1, 0.15) is 5.69 Å². The highest BCUT2D eigenvalue weighted by Crippen LogP contribution is 2.32. The van der Waals surface area contributed by atoms with Crippen molar-refractivity contribution in [2.75, 3.05) is 23.3 Å². The second-order valence-electron chi connectivity index (χ2n) is 7.35. The zero-order valence-electron chi connectivity index (χ0n) is 16.0. The molecule has 2 aromatic carbocycles. The Morgan fingerprint density at radius 1 is 1.15 bits per heavy atom. The standard InChI is InChI=1S/C21H25N3O3/c1-14-9-11-23(12-10-14)18-8-7-17(13-19(18)24(26)27)21(25)22-20-15(2)5-4-6-16(20)3/h4-8,13-14H,9-12H2,1-3H3,(H,22,25). The Labute approximate surface area is 159 Å². The Morgan fingerprint density at radius 3 is 2.37 bits per heavy atom. The lowest BCUT2D eigenvalue weighted by molar-refractivity contribution is -0.384. The van der Waals surface area contributed by atoms with E-state index in [1.807, 2.05) is 36.9 Å². The third-order valence-corrected chi connectivity index (χ3v) is 5.28. The molecular weight excluding hydrogens is 342 g/mol. The summed E-state index contributed by atoms with van der Waals surface area (Å²) in [6, 6.07) is 10.5. The lowest BCUT2D eigenvalue weighted by Gasteiger charge is -2.31. The van der Waals surface area contributed by atoms with Crippen LogP contribution in [0, 0.1) is 29.9 Å². The van der Waals surface area contributed by atoms with Gasteiger partial charge in [-0.05, 0) is 55.9 Å². The fourth-order valence-corrected chi connectivity index (χ4v) is 3.53. The molecule has 1 saturated heterocycles. The number of carbonyl (C=O) groups is 1. The number of nitrogens with one attached hydrogen (secondary N) is 1. The van der Waals surface area contributed by atoms with Gasteiger partial charge >= 0.3 is 0 Å². The predicted octanol–water partition coefficient (Wildman–Crippen LogP) is 4.70. The molecule has 3 rings (SSSR count). The van der Waals surface area contributed by atoms with Crippen molar-refractivity contribution in [3.63, 3.8) is 0 Å². The lowest BCUT2D eigenvalue weighted by atomic mass is 9.98. The molecule has 0 bridgehead atoms. The summed E-state index contributed by atoms with van der Waals surface area (Å²) in [6.45, 7) is 7.65. The number of anilines is 2. The highest BCUT2D eigenvalue weighted by molar-refractivity contribution is 6.05. The molecule has 1 aliphatic rings. The van der Waals surface area contributed by atoms with E-state index in [4.69, 9.17) is 0 Å². The monoisotopic (exact) mass is 367 g/mol. The van der Waals surface area contributed by atoms with Crippen molar-refractivity contribution in [1.82, 2.24) is 0 Å². The number of rotatable bonds is 4. The zero-order chi connectivity index (χ0) is 19.6. The van der Waals surface area contributed by atoms with Crippen molar-refractivity contribution < 1.29 is 9.72 Å². The number of piperidine rings is 1. The molecule has 0 unspecified atom stereocenters. The van der Waals surface area contributed by atoms with E-state index in [-0.39, 0.29) is 11.6 Å². The Balaban J connectivity index is 1.87. The summed E-state index contributed by atoms with van der Waals surface area (Å²) >= 11 is 0. The molecule has 0 aromatic heterocycles. The van der Waals surface area contributed by atoms with Gasteiger partial charge in [-0.15, -0.1) is 0 Å². The topological polar surface area (TPSA) is 75.5 Å². The van der Waals surface area contributed by atoms with Crippen LogP contribution in [0.3, 0.4) is 0 Å². The maximum atomic E-state index is 12.7. The van der Waals surface area contributed by atoms with Crippen LogP contribution in [-0.4, -0.2) is 23.9 Å². The highest BCUT2D eigenvalue weighted by atomic mass is 16.6. The summed E-state index contributed by atoms with van der Waals surface area (Å²) < 4.78 is 0. The summed E-state index contributed by atoms with van der Waals surface area (Å²) in [5, 5.41) is 14.5. The van der Waals surface area contributed by atoms with E-state index in [9.17, 15) is 14.9 Å². The van der Waals surface area contributed by atoms with E-state index in [0.29, 0.717) is 17.2 Å². The third kappa shape index (κ3) is 4.10. The summed E-state index contributed by atoms with van der Waals surface area (Å²) in [7, 11) is 0. The van der Waals surface area contributed by atoms with Gasteiger partial charge in [-0.1, -0.05) is 25.1 Å². The van der Waals surface area contributed by atoms with E-state index in [1.165, 1.54) is 6.07 Å². The molecule has 0 spiro atoms. The first-order chi connectivity index (χ1) is 12.9. The van der Waals surface area contributed by atoms with Crippen molar-refractivity contribution in [1.29, 1.82) is 0 Å². The molecule has 0 aliphatic carbocycles. The number of hydrogen-bond acceptors (Lipinski definition) is 4. The van der Waals surface area contributed by atoms with E-state index in [0.717, 1.165) is 42.7 Å². The maximum absolute atomic E-state index is 12.7. The van der Waals surface area contributed by atoms with Crippen LogP contribution in [0.5, 0.6) is 0 Å². The third-order valence-electron chi connectivity index (χ3n) is 5.28. The molecule has 1 fully saturated rings. The second-order valence-corrected chi connectivity index (χ2v) is 7.35. The fourth-order valence-electron chi connectivity index (χ4n) is 3.53. The van der Waals surface area contributed by atoms with Crippen LogP contribution in [0.1, 0.15) is 41.3 Å². The number of nitro benzene ring substituents is 1. The summed E-state index contributed by atoms with van der Waals surface area (Å²) in [6.07, 6.45) is 2.04. The number of amides is 1. The molecule has 0 radical (unpaired) electrons. The predicted molar refractivity (Wildman–Crippen MR) is 108 cm³/mol. The van der Waals surface area contributed by atoms with Crippen molar-refractivity contribution in [2.45, 2.75) is 33.6 Å². The molecule has 0 saturated carbocycles. The van der Waals surface area contributed by atoms with E-state index in [1.54, 1.807) is 12.1 Å². The minimum absolute atomic E-state index is 0.0151. The van der Waals surface area contributed by atoms with Gasteiger partial charge in [0, 0.05) is 30.4 Å². The van der Waals surface area contributed by atoms with Crippen molar-refractivity contribution in [3.05, 3.63) is 63.2 Å². The molecular formula is C21H25N3O3. The van der Waals surface area contributed by atoms with Crippen molar-refractivity contribution in [2.24, 2.45) is 5.92 Å². The van der Waals surface area contributed by atoms with Crippen molar-refractivity contribution in [3.8, 4) is 0 Å². The molecule has 1 amide bonds. The average molecular weight is 367 g/mol. The van der Waals surface area contributed by atoms with Gasteiger partial charge in [0.05, 0.1) is 4.92 Å². The Morgan fingerprint density at radius 2 is 1.78 bits per heavy atom. The molecule has 1 aliphatic heterocycles. The van der Waals surface area contributed by atoms with Crippen LogP contribution in [-0.2, 0) is 0 Å². The minimum atomic E-state index is -0.400. The van der Waals surface area contributed by atoms with E-state index in [2.05, 4.69) is 12.2 Å². The largest absolute Gasteiger partial charge is 0.366 e. The number of hydrogen-bond donors (Lipinski definition) is 1. The average Bonchev–Trinajstić information content (AvgIpc) is 2.65. The van der Waals surface area contributed by atoms with Crippen LogP contribution in [0.15, 0.2) is 36.4 Å². The van der Waals surface area contributed by atoms with Gasteiger partial charge in [0.25, 0.3) is 11.6 Å². The Kier molecular flexibility index (Phi) is 5.44. The summed E-state index contributed by atoms with van der Waals surface area (Å²) in [4.78, 5) is 25.9. The number of nitro groups is 1. The number of benzene rings is 2.